The third-order valence-electron chi connectivity index (χ3n) is 11.2. The second kappa shape index (κ2) is 29.6. The summed E-state index contributed by atoms with van der Waals surface area (Å²) in [4.78, 5) is 25.8. The molecule has 0 unspecified atom stereocenters. The average molecular weight is 978 g/mol. The van der Waals surface area contributed by atoms with Crippen molar-refractivity contribution >= 4 is 11.9 Å². The summed E-state index contributed by atoms with van der Waals surface area (Å²) >= 11 is 0. The van der Waals surface area contributed by atoms with Crippen LogP contribution in [0.3, 0.4) is 0 Å². The standard InChI is InChI=1S/C17H22F3NO3.C16H20F3NO3.C13H16F3NO.ClH.Li/c1-23-16(22)8-11-21-9-6-15(7-10-21)24-12-13-2-4-14(5-3-13)17(18,19)20;17-16(18,19)13-3-1-12(2-4-13)11-23-14-5-8-20(9-6-14)10-7-15(21)22;14-13(15,16)11-3-1-10(2-4-11)9-18-12-5-7-17-8-6-12;;/h2-5,15H,6-12H2,1H3;1-4,14H,5-11H2,(H,21,22);1-4,12,17H,5-9H2;1H;/q;;;;+1/p-1. The van der Waals surface area contributed by atoms with Gasteiger partial charge in [-0.1, -0.05) is 36.4 Å². The normalized spacial score (nSPS) is 16.9. The fraction of sp³-hybridized carbons (Fsp3) is 0.565. The largest absolute Gasteiger partial charge is 1.00 e. The van der Waals surface area contributed by atoms with Crippen LogP contribution in [0.2, 0.25) is 0 Å². The number of likely N-dealkylation sites (tertiary alicyclic amines) is 2. The molecule has 3 aliphatic heterocycles. The molecule has 0 spiro atoms. The summed E-state index contributed by atoms with van der Waals surface area (Å²) in [6.45, 7) is 7.47. The van der Waals surface area contributed by atoms with Crippen molar-refractivity contribution < 1.29 is 110 Å². The number of halogens is 10. The zero-order chi connectivity index (χ0) is 47.5. The minimum atomic E-state index is -4.32. The number of piperidine rings is 3. The Balaban J connectivity index is 0.000000343. The molecule has 21 heteroatoms. The summed E-state index contributed by atoms with van der Waals surface area (Å²) in [5.74, 6) is -1.26. The van der Waals surface area contributed by atoms with Gasteiger partial charge in [-0.15, -0.1) is 0 Å². The molecule has 10 nitrogen and oxygen atoms in total. The maximum absolute atomic E-state index is 12.5. The van der Waals surface area contributed by atoms with Gasteiger partial charge in [0, 0.05) is 58.1 Å². The number of nitrogens with two attached hydrogens (primary N) is 1. The predicted octanol–water partition coefficient (Wildman–Crippen LogP) is 1.03. The van der Waals surface area contributed by atoms with Crippen molar-refractivity contribution in [1.82, 2.24) is 9.80 Å². The Kier molecular flexibility index (Phi) is 26.4. The van der Waals surface area contributed by atoms with Gasteiger partial charge < -0.3 is 56.4 Å². The van der Waals surface area contributed by atoms with Gasteiger partial charge in [0.15, 0.2) is 0 Å². The van der Waals surface area contributed by atoms with Gasteiger partial charge in [0.2, 0.25) is 0 Å². The van der Waals surface area contributed by atoms with Crippen molar-refractivity contribution in [2.75, 3.05) is 59.5 Å². The molecule has 3 fully saturated rings. The second-order valence-electron chi connectivity index (χ2n) is 16.1. The van der Waals surface area contributed by atoms with E-state index >= 15 is 0 Å². The van der Waals surface area contributed by atoms with Crippen molar-refractivity contribution in [3.8, 4) is 0 Å². The molecule has 3 aromatic rings. The zero-order valence-electron chi connectivity index (χ0n) is 37.7. The van der Waals surface area contributed by atoms with E-state index < -0.39 is 41.2 Å². The van der Waals surface area contributed by atoms with E-state index in [1.807, 2.05) is 4.90 Å². The number of hydrogen-bond acceptors (Lipinski definition) is 9. The smallest absolute Gasteiger partial charge is 1.00 e. The number of carbonyl (C=O) groups is 2. The molecule has 0 amide bonds. The van der Waals surface area contributed by atoms with Crippen LogP contribution in [0, 0.1) is 0 Å². The van der Waals surface area contributed by atoms with Gasteiger partial charge in [0.1, 0.15) is 0 Å². The molecule has 3 saturated heterocycles. The first-order chi connectivity index (χ1) is 30.8. The van der Waals surface area contributed by atoms with Crippen LogP contribution in [0.5, 0.6) is 0 Å². The first kappa shape index (κ1) is 59.7. The van der Waals surface area contributed by atoms with Crippen LogP contribution in [0.4, 0.5) is 39.5 Å². The molecule has 67 heavy (non-hydrogen) atoms. The minimum absolute atomic E-state index is 0. The van der Waals surface area contributed by atoms with Crippen molar-refractivity contribution in [3.05, 3.63) is 106 Å². The molecule has 370 valence electrons. The van der Waals surface area contributed by atoms with Gasteiger partial charge in [0.25, 0.3) is 0 Å². The summed E-state index contributed by atoms with van der Waals surface area (Å²) in [5, 5.41) is 12.7. The van der Waals surface area contributed by atoms with Crippen molar-refractivity contribution in [2.45, 2.75) is 108 Å². The van der Waals surface area contributed by atoms with Crippen LogP contribution in [0.15, 0.2) is 72.8 Å². The van der Waals surface area contributed by atoms with Crippen LogP contribution >= 0.6 is 0 Å². The van der Waals surface area contributed by atoms with E-state index in [2.05, 4.69) is 15.0 Å². The number of carboxylic acid groups (broad SMARTS) is 1. The summed E-state index contributed by atoms with van der Waals surface area (Å²) < 4.78 is 134. The van der Waals surface area contributed by atoms with Gasteiger partial charge in [-0.2, -0.15) is 39.5 Å². The molecule has 3 aliphatic rings. The van der Waals surface area contributed by atoms with Gasteiger partial charge >= 0.3 is 43.4 Å². The predicted molar refractivity (Wildman–Crippen MR) is 219 cm³/mol. The third kappa shape index (κ3) is 23.2. The number of carbonyl (C=O) groups excluding carboxylic acids is 2. The number of carboxylic acids is 1. The van der Waals surface area contributed by atoms with Crippen molar-refractivity contribution in [2.24, 2.45) is 0 Å². The van der Waals surface area contributed by atoms with Crippen LogP contribution in [0.1, 0.15) is 84.7 Å². The fourth-order valence-electron chi connectivity index (χ4n) is 7.27. The second-order valence-corrected chi connectivity index (χ2v) is 16.1. The quantitative estimate of drug-likeness (QED) is 0.136. The number of rotatable bonds is 15. The number of benzene rings is 3. The summed E-state index contributed by atoms with van der Waals surface area (Å²) in [6, 6.07) is 15.2. The SMILES string of the molecule is COC(=O)CCN1CCC(OCc2ccc(C(F)(F)F)cc2)CC1.FC(F)(F)c1ccc(COC2CC[NH2+]CC2)cc1.O=C([O-])CCN1CCC(OCc2ccc(C(F)(F)F)cc2)CC1.[Cl-].[Li+]. The van der Waals surface area contributed by atoms with Crippen molar-refractivity contribution in [1.29, 1.82) is 0 Å². The molecule has 0 saturated carbocycles. The molecule has 0 radical (unpaired) electrons. The van der Waals surface area contributed by atoms with Crippen LogP contribution in [0.25, 0.3) is 0 Å². The molecule has 0 aromatic heterocycles. The molecule has 6 rings (SSSR count). The summed E-state index contributed by atoms with van der Waals surface area (Å²) in [5.41, 5.74) is 0.303. The Bertz CT molecular complexity index is 1840. The van der Waals surface area contributed by atoms with Crippen LogP contribution in [-0.4, -0.2) is 99.5 Å². The minimum Gasteiger partial charge on any atom is -1.00 e. The average Bonchev–Trinajstić information content (AvgIpc) is 3.29. The Morgan fingerprint density at radius 3 is 1.13 bits per heavy atom. The first-order valence-electron chi connectivity index (χ1n) is 21.6. The third-order valence-corrected chi connectivity index (χ3v) is 11.2. The molecule has 0 atom stereocenters. The van der Waals surface area contributed by atoms with Gasteiger partial charge in [-0.05, 0) is 85.2 Å². The Morgan fingerprint density at radius 1 is 0.552 bits per heavy atom. The maximum atomic E-state index is 12.5. The monoisotopic (exact) mass is 977 g/mol. The fourth-order valence-corrected chi connectivity index (χ4v) is 7.27. The van der Waals surface area contributed by atoms with Crippen LogP contribution < -0.4 is 41.7 Å². The summed E-state index contributed by atoms with van der Waals surface area (Å²) in [7, 11) is 1.38. The Morgan fingerprint density at radius 2 is 0.851 bits per heavy atom. The molecule has 3 aromatic carbocycles. The molecular weight excluding hydrogens is 920 g/mol. The first-order valence-corrected chi connectivity index (χ1v) is 21.6. The van der Waals surface area contributed by atoms with Gasteiger partial charge in [0.05, 0.1) is 81.4 Å². The number of aliphatic carboxylic acids is 1. The number of quaternary nitrogens is 1. The van der Waals surface area contributed by atoms with E-state index in [4.69, 9.17) is 14.2 Å². The Labute approximate surface area is 403 Å². The van der Waals surface area contributed by atoms with Crippen molar-refractivity contribution in [3.63, 3.8) is 0 Å². The van der Waals surface area contributed by atoms with Gasteiger partial charge in [-0.3, -0.25) is 4.79 Å². The van der Waals surface area contributed by atoms with E-state index in [1.165, 1.54) is 43.5 Å². The number of hydrogen-bond donors (Lipinski definition) is 1. The number of alkyl halides is 9. The van der Waals surface area contributed by atoms with E-state index in [1.54, 1.807) is 0 Å². The topological polar surface area (TPSA) is 117 Å². The number of methoxy groups -OCH3 is 1. The molecule has 0 bridgehead atoms. The molecular formula is C46H58ClF9LiN3O7. The molecule has 2 N–H and O–H groups in total. The van der Waals surface area contributed by atoms with E-state index in [0.717, 1.165) is 125 Å². The van der Waals surface area contributed by atoms with Gasteiger partial charge in [-0.25, -0.2) is 0 Å². The number of esters is 1. The van der Waals surface area contributed by atoms with E-state index in [-0.39, 0.29) is 68.6 Å². The zero-order valence-corrected chi connectivity index (χ0v) is 38.5. The van der Waals surface area contributed by atoms with E-state index in [9.17, 15) is 54.2 Å². The maximum Gasteiger partial charge on any atom is 1.00 e. The molecule has 3 heterocycles. The van der Waals surface area contributed by atoms with Crippen LogP contribution in [-0.2, 0) is 66.9 Å². The molecule has 0 aliphatic carbocycles. The Hall–Kier alpha value is -3.38. The number of ether oxygens (including phenoxy) is 4. The number of nitrogens with zero attached hydrogens (tertiary/aromatic N) is 2. The summed E-state index contributed by atoms with van der Waals surface area (Å²) in [6.07, 6.45) is -6.79. The van der Waals surface area contributed by atoms with E-state index in [0.29, 0.717) is 38.3 Å².